The molecule has 112 valence electrons. The molecular weight excluding hydrogens is 352 g/mol. The molecule has 1 N–H and O–H groups in total. The summed E-state index contributed by atoms with van der Waals surface area (Å²) in [6.45, 7) is 1.96. The largest absolute Gasteiger partial charge is 0.283 e. The Morgan fingerprint density at radius 1 is 1.19 bits per heavy atom. The topological polar surface area (TPSA) is 59.1 Å². The van der Waals surface area contributed by atoms with Gasteiger partial charge < -0.3 is 0 Å². The number of hydrogen-bond acceptors (Lipinski definition) is 3. The zero-order valence-corrected chi connectivity index (χ0v) is 14.1. The lowest BCUT2D eigenvalue weighted by molar-refractivity contribution is 0.600. The van der Waals surface area contributed by atoms with E-state index in [1.807, 2.05) is 37.3 Å². The summed E-state index contributed by atoms with van der Waals surface area (Å²) in [4.78, 5) is 4.00. The van der Waals surface area contributed by atoms with Gasteiger partial charge in [0.2, 0.25) is 10.0 Å². The van der Waals surface area contributed by atoms with Gasteiger partial charge in [0.25, 0.3) is 0 Å². The fourth-order valence-electron chi connectivity index (χ4n) is 1.96. The molecule has 0 bridgehead atoms. The molecule has 2 rings (SSSR count). The Morgan fingerprint density at radius 3 is 2.52 bits per heavy atom. The van der Waals surface area contributed by atoms with E-state index in [1.165, 1.54) is 0 Å². The van der Waals surface area contributed by atoms with Crippen LogP contribution in [0.3, 0.4) is 0 Å². The highest BCUT2D eigenvalue weighted by Gasteiger charge is 2.14. The van der Waals surface area contributed by atoms with Crippen molar-refractivity contribution in [2.24, 2.45) is 0 Å². The number of aromatic nitrogens is 1. The van der Waals surface area contributed by atoms with Crippen molar-refractivity contribution < 1.29 is 8.42 Å². The van der Waals surface area contributed by atoms with Crippen molar-refractivity contribution in [1.82, 2.24) is 4.98 Å². The highest BCUT2D eigenvalue weighted by Crippen LogP contribution is 2.29. The second-order valence-corrected chi connectivity index (χ2v) is 7.95. The third kappa shape index (κ3) is 4.82. The molecule has 0 saturated heterocycles. The van der Waals surface area contributed by atoms with Crippen molar-refractivity contribution in [1.29, 1.82) is 0 Å². The Kier molecular flexibility index (Phi) is 5.36. The van der Waals surface area contributed by atoms with Crippen LogP contribution in [0.1, 0.15) is 22.9 Å². The minimum Gasteiger partial charge on any atom is -0.283 e. The fourth-order valence-corrected chi connectivity index (χ4v) is 3.48. The second-order valence-electron chi connectivity index (χ2n) is 4.73. The van der Waals surface area contributed by atoms with E-state index < -0.39 is 10.0 Å². The SMILES string of the molecule is CC(Br)c1ccccc1NS(=O)(=O)CCc1ccncc1. The number of halogens is 1. The number of rotatable bonds is 6. The van der Waals surface area contributed by atoms with Crippen LogP contribution in [0.5, 0.6) is 0 Å². The van der Waals surface area contributed by atoms with Crippen LogP contribution in [0.25, 0.3) is 0 Å². The van der Waals surface area contributed by atoms with Gasteiger partial charge in [-0.25, -0.2) is 8.42 Å². The van der Waals surface area contributed by atoms with Crippen LogP contribution >= 0.6 is 15.9 Å². The van der Waals surface area contributed by atoms with Gasteiger partial charge in [0.1, 0.15) is 0 Å². The molecule has 1 unspecified atom stereocenters. The highest BCUT2D eigenvalue weighted by atomic mass is 79.9. The average Bonchev–Trinajstić information content (AvgIpc) is 2.46. The van der Waals surface area contributed by atoms with Crippen LogP contribution < -0.4 is 4.72 Å². The minimum absolute atomic E-state index is 0.0437. The lowest BCUT2D eigenvalue weighted by atomic mass is 10.1. The maximum absolute atomic E-state index is 12.2. The summed E-state index contributed by atoms with van der Waals surface area (Å²) in [6.07, 6.45) is 3.79. The van der Waals surface area contributed by atoms with Gasteiger partial charge in [-0.3, -0.25) is 9.71 Å². The second kappa shape index (κ2) is 7.04. The van der Waals surface area contributed by atoms with Gasteiger partial charge in [-0.1, -0.05) is 34.1 Å². The van der Waals surface area contributed by atoms with Crippen LogP contribution in [-0.4, -0.2) is 19.2 Å². The number of nitrogens with one attached hydrogen (secondary N) is 1. The zero-order chi connectivity index (χ0) is 15.3. The Bertz CT molecular complexity index is 688. The van der Waals surface area contributed by atoms with Crippen LogP contribution in [0, 0.1) is 0 Å². The van der Waals surface area contributed by atoms with Crippen LogP contribution in [0.4, 0.5) is 5.69 Å². The number of aryl methyl sites for hydroxylation is 1. The number of benzene rings is 1. The Morgan fingerprint density at radius 2 is 1.86 bits per heavy atom. The van der Waals surface area contributed by atoms with Gasteiger partial charge in [0.05, 0.1) is 11.4 Å². The van der Waals surface area contributed by atoms with Crippen LogP contribution in [0.2, 0.25) is 0 Å². The molecular formula is C15H17BrN2O2S. The van der Waals surface area contributed by atoms with E-state index in [9.17, 15) is 8.42 Å². The molecule has 0 aliphatic rings. The Hall–Kier alpha value is -1.40. The molecule has 0 aliphatic heterocycles. The smallest absolute Gasteiger partial charge is 0.233 e. The molecule has 2 aromatic rings. The normalized spacial score (nSPS) is 12.9. The van der Waals surface area contributed by atoms with Gasteiger partial charge in [-0.05, 0) is 42.7 Å². The van der Waals surface area contributed by atoms with Gasteiger partial charge in [0, 0.05) is 17.2 Å². The molecule has 6 heteroatoms. The number of anilines is 1. The van der Waals surface area contributed by atoms with E-state index >= 15 is 0 Å². The predicted octanol–water partition coefficient (Wildman–Crippen LogP) is 3.52. The van der Waals surface area contributed by atoms with E-state index in [-0.39, 0.29) is 10.6 Å². The Balaban J connectivity index is 2.08. The fraction of sp³-hybridized carbons (Fsp3) is 0.267. The molecule has 0 aliphatic carbocycles. The van der Waals surface area contributed by atoms with Crippen molar-refractivity contribution in [3.8, 4) is 0 Å². The number of alkyl halides is 1. The van der Waals surface area contributed by atoms with E-state index in [4.69, 9.17) is 0 Å². The quantitative estimate of drug-likeness (QED) is 0.793. The predicted molar refractivity (Wildman–Crippen MR) is 89.1 cm³/mol. The Labute approximate surface area is 133 Å². The molecule has 4 nitrogen and oxygen atoms in total. The average molecular weight is 369 g/mol. The maximum atomic E-state index is 12.2. The van der Waals surface area contributed by atoms with E-state index in [0.29, 0.717) is 12.1 Å². The molecule has 21 heavy (non-hydrogen) atoms. The standard InChI is InChI=1S/C15H17BrN2O2S/c1-12(16)14-4-2-3-5-15(14)18-21(19,20)11-8-13-6-9-17-10-7-13/h2-7,9-10,12,18H,8,11H2,1H3. The maximum Gasteiger partial charge on any atom is 0.233 e. The number of pyridine rings is 1. The van der Waals surface area contributed by atoms with Gasteiger partial charge in [-0.2, -0.15) is 0 Å². The first kappa shape index (κ1) is 16.0. The van der Waals surface area contributed by atoms with Crippen molar-refractivity contribution >= 4 is 31.6 Å². The molecule has 0 spiro atoms. The number of sulfonamides is 1. The summed E-state index contributed by atoms with van der Waals surface area (Å²) in [5.74, 6) is 0.0437. The molecule has 0 radical (unpaired) electrons. The molecule has 0 fully saturated rings. The first-order chi connectivity index (χ1) is 9.98. The summed E-state index contributed by atoms with van der Waals surface area (Å²) in [5, 5.41) is 0. The van der Waals surface area contributed by atoms with Gasteiger partial charge in [-0.15, -0.1) is 0 Å². The van der Waals surface area contributed by atoms with Crippen LogP contribution in [0.15, 0.2) is 48.8 Å². The monoisotopic (exact) mass is 368 g/mol. The molecule has 1 atom stereocenters. The first-order valence-corrected chi connectivity index (χ1v) is 9.17. The van der Waals surface area contributed by atoms with E-state index in [1.54, 1.807) is 18.5 Å². The molecule has 0 saturated carbocycles. The lowest BCUT2D eigenvalue weighted by Crippen LogP contribution is -2.19. The minimum atomic E-state index is -3.38. The van der Waals surface area contributed by atoms with Crippen LogP contribution in [-0.2, 0) is 16.4 Å². The summed E-state index contributed by atoms with van der Waals surface area (Å²) in [7, 11) is -3.38. The summed E-state index contributed by atoms with van der Waals surface area (Å²) >= 11 is 3.47. The summed E-state index contributed by atoms with van der Waals surface area (Å²) in [6, 6.07) is 11.0. The number of hydrogen-bond donors (Lipinski definition) is 1. The third-order valence-electron chi connectivity index (χ3n) is 3.06. The van der Waals surface area contributed by atoms with E-state index in [2.05, 4.69) is 25.6 Å². The molecule has 1 aromatic carbocycles. The van der Waals surface area contributed by atoms with Gasteiger partial charge in [0.15, 0.2) is 0 Å². The number of nitrogens with zero attached hydrogens (tertiary/aromatic N) is 1. The van der Waals surface area contributed by atoms with E-state index in [0.717, 1.165) is 11.1 Å². The summed E-state index contributed by atoms with van der Waals surface area (Å²) < 4.78 is 27.1. The summed E-state index contributed by atoms with van der Waals surface area (Å²) in [5.41, 5.74) is 2.50. The zero-order valence-electron chi connectivity index (χ0n) is 11.7. The third-order valence-corrected chi connectivity index (χ3v) is 4.83. The highest BCUT2D eigenvalue weighted by molar-refractivity contribution is 9.09. The molecule has 1 heterocycles. The van der Waals surface area contributed by atoms with Crippen molar-refractivity contribution in [2.45, 2.75) is 18.2 Å². The molecule has 1 aromatic heterocycles. The first-order valence-electron chi connectivity index (χ1n) is 6.60. The number of para-hydroxylation sites is 1. The van der Waals surface area contributed by atoms with Crippen molar-refractivity contribution in [3.63, 3.8) is 0 Å². The lowest BCUT2D eigenvalue weighted by Gasteiger charge is -2.14. The van der Waals surface area contributed by atoms with Crippen molar-refractivity contribution in [2.75, 3.05) is 10.5 Å². The molecule has 0 amide bonds. The van der Waals surface area contributed by atoms with Gasteiger partial charge >= 0.3 is 0 Å². The van der Waals surface area contributed by atoms with Crippen molar-refractivity contribution in [3.05, 3.63) is 59.9 Å².